The summed E-state index contributed by atoms with van der Waals surface area (Å²) in [6.07, 6.45) is 2.20. The summed E-state index contributed by atoms with van der Waals surface area (Å²) in [5, 5.41) is 9.07. The Morgan fingerprint density at radius 3 is 2.84 bits per heavy atom. The zero-order chi connectivity index (χ0) is 18.6. The van der Waals surface area contributed by atoms with E-state index >= 15 is 0 Å². The summed E-state index contributed by atoms with van der Waals surface area (Å²) in [6, 6.07) is 1.14. The highest BCUT2D eigenvalue weighted by Gasteiger charge is 2.26. The molecule has 0 radical (unpaired) electrons. The van der Waals surface area contributed by atoms with Gasteiger partial charge in [-0.15, -0.1) is 11.3 Å². The van der Waals surface area contributed by atoms with Crippen molar-refractivity contribution in [3.8, 4) is 0 Å². The molecule has 0 aromatic carbocycles. The van der Waals surface area contributed by atoms with Crippen LogP contribution in [0.25, 0.3) is 0 Å². The molecule has 2 rings (SSSR count). The molecule has 0 aliphatic carbocycles. The van der Waals surface area contributed by atoms with Crippen LogP contribution in [0.3, 0.4) is 0 Å². The first-order valence-corrected chi connectivity index (χ1v) is 10.4. The molecule has 1 aromatic heterocycles. The average molecular weight is 410 g/mol. The zero-order valence-corrected chi connectivity index (χ0v) is 15.8. The summed E-state index contributed by atoms with van der Waals surface area (Å²) in [5.41, 5.74) is 5.33. The molecular weight excluding hydrogens is 390 g/mol. The molecule has 1 aliphatic heterocycles. The molecule has 1 atom stereocenters. The Morgan fingerprint density at radius 1 is 1.48 bits per heavy atom. The Bertz CT molecular complexity index is 750. The van der Waals surface area contributed by atoms with Crippen LogP contribution in [0, 0.1) is 5.92 Å². The number of rotatable bonds is 8. The molecule has 11 heteroatoms. The van der Waals surface area contributed by atoms with Crippen molar-refractivity contribution >= 4 is 44.8 Å². The van der Waals surface area contributed by atoms with Gasteiger partial charge in [0.05, 0.1) is 10.3 Å². The summed E-state index contributed by atoms with van der Waals surface area (Å²) < 4.78 is 27.0. The molecule has 1 aliphatic rings. The number of hydrogen-bond acceptors (Lipinski definition) is 6. The lowest BCUT2D eigenvalue weighted by Gasteiger charge is -2.31. The van der Waals surface area contributed by atoms with Crippen molar-refractivity contribution in [3.05, 3.63) is 15.3 Å². The fourth-order valence-electron chi connectivity index (χ4n) is 2.77. The van der Waals surface area contributed by atoms with E-state index in [4.69, 9.17) is 22.4 Å². The molecular formula is C14H20ClN3O5S2. The minimum Gasteiger partial charge on any atom is -0.477 e. The Kier molecular flexibility index (Phi) is 6.80. The first-order valence-electron chi connectivity index (χ1n) is 7.74. The largest absolute Gasteiger partial charge is 0.477 e. The molecule has 0 unspecified atom stereocenters. The Balaban J connectivity index is 1.87. The van der Waals surface area contributed by atoms with E-state index in [2.05, 4.69) is 9.62 Å². The van der Waals surface area contributed by atoms with E-state index in [0.29, 0.717) is 30.8 Å². The summed E-state index contributed by atoms with van der Waals surface area (Å²) in [4.78, 5) is 23.8. The van der Waals surface area contributed by atoms with Crippen molar-refractivity contribution in [2.24, 2.45) is 11.7 Å². The van der Waals surface area contributed by atoms with Crippen LogP contribution in [-0.2, 0) is 14.8 Å². The van der Waals surface area contributed by atoms with Gasteiger partial charge in [0, 0.05) is 13.1 Å². The number of halogens is 1. The van der Waals surface area contributed by atoms with E-state index in [1.165, 1.54) is 0 Å². The van der Waals surface area contributed by atoms with E-state index < -0.39 is 16.0 Å². The number of carboxylic acid groups (broad SMARTS) is 1. The number of amides is 1. The predicted molar refractivity (Wildman–Crippen MR) is 94.5 cm³/mol. The molecule has 0 bridgehead atoms. The minimum atomic E-state index is -3.94. The maximum absolute atomic E-state index is 12.3. The van der Waals surface area contributed by atoms with Gasteiger partial charge in [-0.3, -0.25) is 4.79 Å². The monoisotopic (exact) mass is 409 g/mol. The first kappa shape index (κ1) is 20.1. The first-order chi connectivity index (χ1) is 11.7. The third kappa shape index (κ3) is 5.38. The van der Waals surface area contributed by atoms with E-state index in [1.807, 2.05) is 0 Å². The third-order valence-corrected chi connectivity index (χ3v) is 6.87. The van der Waals surface area contributed by atoms with Crippen molar-refractivity contribution in [1.29, 1.82) is 0 Å². The normalized spacial score (nSPS) is 19.0. The zero-order valence-electron chi connectivity index (χ0n) is 13.4. The standard InChI is InChI=1S/C14H20ClN3O5S2/c15-11-7-10(12(24-11)14(20)21)25(22,23)17-4-2-6-18-5-1-3-9(8-18)13(16)19/h7,9,17H,1-6,8H2,(H2,16,19)(H,20,21)/t9-/m0/s1. The second kappa shape index (κ2) is 8.45. The highest BCUT2D eigenvalue weighted by Crippen LogP contribution is 2.30. The molecule has 8 nitrogen and oxygen atoms in total. The van der Waals surface area contributed by atoms with Crippen LogP contribution in [0.15, 0.2) is 11.0 Å². The number of likely N-dealkylation sites (tertiary alicyclic amines) is 1. The Morgan fingerprint density at radius 2 is 2.20 bits per heavy atom. The molecule has 140 valence electrons. The Labute approximate surface area is 155 Å². The van der Waals surface area contributed by atoms with Crippen molar-refractivity contribution < 1.29 is 23.1 Å². The maximum atomic E-state index is 12.3. The highest BCUT2D eigenvalue weighted by atomic mass is 35.5. The van der Waals surface area contributed by atoms with Crippen molar-refractivity contribution in [2.75, 3.05) is 26.2 Å². The van der Waals surface area contributed by atoms with Crippen LogP contribution in [-0.4, -0.2) is 56.5 Å². The molecule has 1 amide bonds. The van der Waals surface area contributed by atoms with Gasteiger partial charge in [-0.1, -0.05) is 11.6 Å². The van der Waals surface area contributed by atoms with Crippen molar-refractivity contribution in [3.63, 3.8) is 0 Å². The van der Waals surface area contributed by atoms with Crippen molar-refractivity contribution in [1.82, 2.24) is 9.62 Å². The SMILES string of the molecule is NC(=O)[C@H]1CCCN(CCCNS(=O)(=O)c2cc(Cl)sc2C(=O)O)C1. The van der Waals surface area contributed by atoms with Crippen LogP contribution >= 0.6 is 22.9 Å². The van der Waals surface area contributed by atoms with Gasteiger partial charge in [-0.05, 0) is 38.4 Å². The number of thiophene rings is 1. The lowest BCUT2D eigenvalue weighted by Crippen LogP contribution is -2.42. The molecule has 0 spiro atoms. The van der Waals surface area contributed by atoms with Crippen LogP contribution < -0.4 is 10.5 Å². The number of nitrogens with zero attached hydrogens (tertiary/aromatic N) is 1. The number of nitrogens with one attached hydrogen (secondary N) is 1. The van der Waals surface area contributed by atoms with Gasteiger partial charge < -0.3 is 15.7 Å². The second-order valence-electron chi connectivity index (χ2n) is 5.84. The topological polar surface area (TPSA) is 130 Å². The number of piperidine rings is 1. The average Bonchev–Trinajstić information content (AvgIpc) is 2.95. The summed E-state index contributed by atoms with van der Waals surface area (Å²) in [7, 11) is -3.94. The summed E-state index contributed by atoms with van der Waals surface area (Å²) >= 11 is 6.45. The number of sulfonamides is 1. The van der Waals surface area contributed by atoms with Gasteiger partial charge in [-0.2, -0.15) is 0 Å². The van der Waals surface area contributed by atoms with E-state index in [9.17, 15) is 18.0 Å². The number of carbonyl (C=O) groups is 2. The van der Waals surface area contributed by atoms with Crippen molar-refractivity contribution in [2.45, 2.75) is 24.2 Å². The number of nitrogens with two attached hydrogens (primary N) is 1. The summed E-state index contributed by atoms with van der Waals surface area (Å²) in [5.74, 6) is -1.79. The highest BCUT2D eigenvalue weighted by molar-refractivity contribution is 7.89. The fraction of sp³-hybridized carbons (Fsp3) is 0.571. The molecule has 1 saturated heterocycles. The lowest BCUT2D eigenvalue weighted by molar-refractivity contribution is -0.123. The number of primary amides is 1. The molecule has 2 heterocycles. The van der Waals surface area contributed by atoms with Gasteiger partial charge >= 0.3 is 5.97 Å². The maximum Gasteiger partial charge on any atom is 0.347 e. The van der Waals surface area contributed by atoms with Gasteiger partial charge in [-0.25, -0.2) is 17.9 Å². The number of carbonyl (C=O) groups excluding carboxylic acids is 1. The van der Waals surface area contributed by atoms with Gasteiger partial charge in [0.15, 0.2) is 0 Å². The van der Waals surface area contributed by atoms with E-state index in [-0.39, 0.29) is 32.5 Å². The number of hydrogen-bond donors (Lipinski definition) is 3. The van der Waals surface area contributed by atoms with Crippen LogP contribution in [0.5, 0.6) is 0 Å². The molecule has 25 heavy (non-hydrogen) atoms. The summed E-state index contributed by atoms with van der Waals surface area (Å²) in [6.45, 7) is 2.22. The predicted octanol–water partition coefficient (Wildman–Crippen LogP) is 0.965. The molecule has 0 saturated carbocycles. The molecule has 1 fully saturated rings. The van der Waals surface area contributed by atoms with Crippen LogP contribution in [0.1, 0.15) is 28.9 Å². The minimum absolute atomic E-state index is 0.101. The lowest BCUT2D eigenvalue weighted by atomic mass is 9.97. The van der Waals surface area contributed by atoms with Crippen LogP contribution in [0.2, 0.25) is 4.34 Å². The van der Waals surface area contributed by atoms with Gasteiger partial charge in [0.1, 0.15) is 9.77 Å². The Hall–Kier alpha value is -1.20. The number of aromatic carboxylic acids is 1. The molecule has 4 N–H and O–H groups in total. The third-order valence-electron chi connectivity index (χ3n) is 4.00. The smallest absolute Gasteiger partial charge is 0.347 e. The van der Waals surface area contributed by atoms with Crippen LogP contribution in [0.4, 0.5) is 0 Å². The van der Waals surface area contributed by atoms with E-state index in [0.717, 1.165) is 25.5 Å². The number of carboxylic acids is 1. The quantitative estimate of drug-likeness (QED) is 0.548. The van der Waals surface area contributed by atoms with Gasteiger partial charge in [0.2, 0.25) is 15.9 Å². The van der Waals surface area contributed by atoms with E-state index in [1.54, 1.807) is 0 Å². The second-order valence-corrected chi connectivity index (χ2v) is 9.26. The fourth-order valence-corrected chi connectivity index (χ4v) is 5.50. The molecule has 1 aromatic rings. The van der Waals surface area contributed by atoms with Gasteiger partial charge in [0.25, 0.3) is 0 Å².